The van der Waals surface area contributed by atoms with Crippen LogP contribution in [0.3, 0.4) is 0 Å². The smallest absolute Gasteiger partial charge is 0.354 e. The molecule has 0 saturated carbocycles. The van der Waals surface area contributed by atoms with Gasteiger partial charge < -0.3 is 10.1 Å². The highest BCUT2D eigenvalue weighted by atomic mass is 32.1. The summed E-state index contributed by atoms with van der Waals surface area (Å²) in [7, 11) is 0. The minimum atomic E-state index is -1.13. The van der Waals surface area contributed by atoms with Crippen LogP contribution in [0.25, 0.3) is 11.0 Å². The Morgan fingerprint density at radius 3 is 2.74 bits per heavy atom. The molecule has 0 fully saturated rings. The van der Waals surface area contributed by atoms with Crippen molar-refractivity contribution in [1.29, 1.82) is 0 Å². The van der Waals surface area contributed by atoms with E-state index in [2.05, 4.69) is 15.0 Å². The van der Waals surface area contributed by atoms with Crippen LogP contribution in [0.1, 0.15) is 29.9 Å². The summed E-state index contributed by atoms with van der Waals surface area (Å²) in [5, 5.41) is 9.42. The van der Waals surface area contributed by atoms with Crippen LogP contribution in [0, 0.1) is 10.7 Å². The first-order valence-electron chi connectivity index (χ1n) is 5.78. The number of nitrogens with one attached hydrogen (secondary N) is 2. The molecule has 0 aliphatic heterocycles. The average molecular weight is 279 g/mol. The number of carboxylic acids is 1. The van der Waals surface area contributed by atoms with Gasteiger partial charge in [0.2, 0.25) is 0 Å². The SMILES string of the molecule is CC(C)Cc1cc(C(=O)O)nc2[nH]c(=S)[nH]c(=O)c12. The van der Waals surface area contributed by atoms with Crippen LogP contribution in [0.4, 0.5) is 0 Å². The highest BCUT2D eigenvalue weighted by Gasteiger charge is 2.14. The van der Waals surface area contributed by atoms with Gasteiger partial charge in [-0.1, -0.05) is 13.8 Å². The predicted molar refractivity (Wildman–Crippen MR) is 73.0 cm³/mol. The van der Waals surface area contributed by atoms with Crippen molar-refractivity contribution in [1.82, 2.24) is 15.0 Å². The Morgan fingerprint density at radius 1 is 1.47 bits per heavy atom. The number of aromatic nitrogens is 3. The third-order valence-corrected chi connectivity index (χ3v) is 2.84. The third-order valence-electron chi connectivity index (χ3n) is 2.63. The normalized spacial score (nSPS) is 11.1. The molecule has 0 aliphatic rings. The van der Waals surface area contributed by atoms with E-state index in [1.54, 1.807) is 0 Å². The van der Waals surface area contributed by atoms with Gasteiger partial charge in [-0.15, -0.1) is 0 Å². The first-order valence-corrected chi connectivity index (χ1v) is 6.19. The van der Waals surface area contributed by atoms with Crippen LogP contribution in [0.5, 0.6) is 0 Å². The van der Waals surface area contributed by atoms with Gasteiger partial charge in [0.1, 0.15) is 5.65 Å². The lowest BCUT2D eigenvalue weighted by Gasteiger charge is -2.09. The van der Waals surface area contributed by atoms with Gasteiger partial charge >= 0.3 is 5.97 Å². The predicted octanol–water partition coefficient (Wildman–Crippen LogP) is 1.88. The molecule has 0 aliphatic carbocycles. The topological polar surface area (TPSA) is 98.8 Å². The summed E-state index contributed by atoms with van der Waals surface area (Å²) in [5.41, 5.74) is 0.424. The number of fused-ring (bicyclic) bond motifs is 1. The van der Waals surface area contributed by atoms with E-state index in [9.17, 15) is 9.59 Å². The second kappa shape index (κ2) is 4.93. The molecule has 0 radical (unpaired) electrons. The van der Waals surface area contributed by atoms with Gasteiger partial charge in [0, 0.05) is 0 Å². The van der Waals surface area contributed by atoms with Gasteiger partial charge in [0.05, 0.1) is 5.39 Å². The first-order chi connectivity index (χ1) is 8.88. The fourth-order valence-electron chi connectivity index (χ4n) is 1.96. The van der Waals surface area contributed by atoms with E-state index < -0.39 is 5.97 Å². The van der Waals surface area contributed by atoms with E-state index >= 15 is 0 Å². The van der Waals surface area contributed by atoms with Crippen LogP contribution >= 0.6 is 12.2 Å². The van der Waals surface area contributed by atoms with Crippen molar-refractivity contribution < 1.29 is 9.90 Å². The summed E-state index contributed by atoms with van der Waals surface area (Å²) in [4.78, 5) is 32.2. The number of aromatic amines is 2. The zero-order chi connectivity index (χ0) is 14.2. The molecule has 100 valence electrons. The van der Waals surface area contributed by atoms with Crippen molar-refractivity contribution in [3.05, 3.63) is 32.4 Å². The zero-order valence-electron chi connectivity index (χ0n) is 10.5. The number of pyridine rings is 1. The number of H-pyrrole nitrogens is 2. The molecule has 7 heteroatoms. The molecular formula is C12H13N3O3S. The zero-order valence-corrected chi connectivity index (χ0v) is 11.3. The fraction of sp³-hybridized carbons (Fsp3) is 0.333. The Kier molecular flexibility index (Phi) is 3.48. The number of nitrogens with zero attached hydrogens (tertiary/aromatic N) is 1. The van der Waals surface area contributed by atoms with E-state index in [0.717, 1.165) is 0 Å². The molecule has 2 heterocycles. The van der Waals surface area contributed by atoms with Crippen molar-refractivity contribution in [2.24, 2.45) is 5.92 Å². The number of rotatable bonds is 3. The van der Waals surface area contributed by atoms with Crippen LogP contribution in [-0.4, -0.2) is 26.0 Å². The Bertz CT molecular complexity index is 761. The highest BCUT2D eigenvalue weighted by molar-refractivity contribution is 7.71. The molecule has 2 aromatic heterocycles. The lowest BCUT2D eigenvalue weighted by molar-refractivity contribution is 0.0690. The highest BCUT2D eigenvalue weighted by Crippen LogP contribution is 2.17. The van der Waals surface area contributed by atoms with Crippen molar-refractivity contribution >= 4 is 29.2 Å². The fourth-order valence-corrected chi connectivity index (χ4v) is 2.15. The molecule has 0 amide bonds. The van der Waals surface area contributed by atoms with Crippen LogP contribution < -0.4 is 5.56 Å². The third kappa shape index (κ3) is 2.70. The molecule has 0 unspecified atom stereocenters. The summed E-state index contributed by atoms with van der Waals surface area (Å²) in [5.74, 6) is -0.846. The molecule has 2 aromatic rings. The minimum Gasteiger partial charge on any atom is -0.477 e. The summed E-state index contributed by atoms with van der Waals surface area (Å²) < 4.78 is 0.128. The molecule has 0 saturated heterocycles. The molecule has 0 atom stereocenters. The lowest BCUT2D eigenvalue weighted by atomic mass is 10.0. The monoisotopic (exact) mass is 279 g/mol. The summed E-state index contributed by atoms with van der Waals surface area (Å²) in [6.07, 6.45) is 0.590. The maximum Gasteiger partial charge on any atom is 0.354 e. The van der Waals surface area contributed by atoms with Crippen LogP contribution in [-0.2, 0) is 6.42 Å². The molecule has 6 nitrogen and oxygen atoms in total. The molecule has 0 aromatic carbocycles. The standard InChI is InChI=1S/C12H13N3O3S/c1-5(2)3-6-4-7(11(17)18)13-9-8(6)10(16)15-12(19)14-9/h4-5H,3H2,1-2H3,(H,17,18)(H2,13,14,15,16,19). The van der Waals surface area contributed by atoms with Crippen molar-refractivity contribution in [3.8, 4) is 0 Å². The van der Waals surface area contributed by atoms with Gasteiger partial charge in [-0.05, 0) is 36.2 Å². The maximum atomic E-state index is 12.0. The Hall–Kier alpha value is -2.02. The first kappa shape index (κ1) is 13.4. The Balaban J connectivity index is 2.86. The molecule has 19 heavy (non-hydrogen) atoms. The molecule has 0 spiro atoms. The van der Waals surface area contributed by atoms with Gasteiger partial charge in [0.25, 0.3) is 5.56 Å². The van der Waals surface area contributed by atoms with E-state index in [1.807, 2.05) is 13.8 Å². The van der Waals surface area contributed by atoms with Crippen molar-refractivity contribution in [2.75, 3.05) is 0 Å². The number of aromatic carboxylic acids is 1. The largest absolute Gasteiger partial charge is 0.477 e. The lowest BCUT2D eigenvalue weighted by Crippen LogP contribution is -2.14. The van der Waals surface area contributed by atoms with E-state index in [4.69, 9.17) is 17.3 Å². The Morgan fingerprint density at radius 2 is 2.16 bits per heavy atom. The van der Waals surface area contributed by atoms with Crippen molar-refractivity contribution in [3.63, 3.8) is 0 Å². The molecule has 0 bridgehead atoms. The molecular weight excluding hydrogens is 266 g/mol. The summed E-state index contributed by atoms with van der Waals surface area (Å²) in [6.45, 7) is 3.98. The van der Waals surface area contributed by atoms with Crippen LogP contribution in [0.2, 0.25) is 0 Å². The summed E-state index contributed by atoms with van der Waals surface area (Å²) in [6, 6.07) is 1.44. The second-order valence-electron chi connectivity index (χ2n) is 4.70. The number of hydrogen-bond acceptors (Lipinski definition) is 4. The quantitative estimate of drug-likeness (QED) is 0.745. The average Bonchev–Trinajstić information content (AvgIpc) is 2.26. The summed E-state index contributed by atoms with van der Waals surface area (Å²) >= 11 is 4.87. The molecule has 2 rings (SSSR count). The number of hydrogen-bond donors (Lipinski definition) is 3. The van der Waals surface area contributed by atoms with E-state index in [-0.39, 0.29) is 27.6 Å². The van der Waals surface area contributed by atoms with Crippen LogP contribution in [0.15, 0.2) is 10.9 Å². The van der Waals surface area contributed by atoms with E-state index in [0.29, 0.717) is 17.4 Å². The maximum absolute atomic E-state index is 12.0. The van der Waals surface area contributed by atoms with Gasteiger partial charge in [-0.25, -0.2) is 9.78 Å². The number of carboxylic acid groups (broad SMARTS) is 1. The van der Waals surface area contributed by atoms with Gasteiger partial charge in [-0.3, -0.25) is 9.78 Å². The molecule has 3 N–H and O–H groups in total. The van der Waals surface area contributed by atoms with Crippen molar-refractivity contribution in [2.45, 2.75) is 20.3 Å². The van der Waals surface area contributed by atoms with Gasteiger partial charge in [0.15, 0.2) is 10.5 Å². The second-order valence-corrected chi connectivity index (χ2v) is 5.11. The minimum absolute atomic E-state index is 0.0978. The number of carbonyl (C=O) groups is 1. The van der Waals surface area contributed by atoms with E-state index in [1.165, 1.54) is 6.07 Å². The Labute approximate surface area is 113 Å². The van der Waals surface area contributed by atoms with Gasteiger partial charge in [-0.2, -0.15) is 0 Å².